The minimum atomic E-state index is -0.785. The number of carbonyl (C=O) groups is 6. The summed E-state index contributed by atoms with van der Waals surface area (Å²) in [6.45, 7) is 3.33. The van der Waals surface area contributed by atoms with Crippen molar-refractivity contribution < 1.29 is 33.7 Å². The second kappa shape index (κ2) is 12.5. The predicted molar refractivity (Wildman–Crippen MR) is 146 cm³/mol. The van der Waals surface area contributed by atoms with Crippen LogP contribution in [0.4, 0.5) is 9.59 Å². The highest BCUT2D eigenvalue weighted by atomic mass is 16.9. The second-order valence-corrected chi connectivity index (χ2v) is 12.1. The van der Waals surface area contributed by atoms with Crippen molar-refractivity contribution in [2.45, 2.75) is 75.5 Å². The zero-order valence-electron chi connectivity index (χ0n) is 24.0. The van der Waals surface area contributed by atoms with Crippen LogP contribution in [-0.4, -0.2) is 119 Å². The summed E-state index contributed by atoms with van der Waals surface area (Å²) < 4.78 is 0. The molecule has 0 aromatic carbocycles. The zero-order chi connectivity index (χ0) is 30.1. The van der Waals surface area contributed by atoms with Gasteiger partial charge in [-0.3, -0.25) is 40.9 Å². The van der Waals surface area contributed by atoms with Gasteiger partial charge in [-0.2, -0.15) is 10.1 Å². The molecule has 6 fully saturated rings. The van der Waals surface area contributed by atoms with Crippen molar-refractivity contribution in [1.82, 2.24) is 52.3 Å². The Kier molecular flexibility index (Phi) is 8.54. The summed E-state index contributed by atoms with van der Waals surface area (Å²) in [5.41, 5.74) is 9.92. The van der Waals surface area contributed by atoms with Crippen molar-refractivity contribution in [1.29, 1.82) is 0 Å². The van der Waals surface area contributed by atoms with Gasteiger partial charge in [-0.25, -0.2) is 9.59 Å². The predicted octanol–water partition coefficient (Wildman–Crippen LogP) is -2.34. The minimum absolute atomic E-state index is 0.223. The molecule has 0 aliphatic carbocycles. The largest absolute Gasteiger partial charge is 0.347 e. The van der Waals surface area contributed by atoms with E-state index in [1.54, 1.807) is 0 Å². The lowest BCUT2D eigenvalue weighted by Gasteiger charge is -2.30. The first-order valence-electron chi connectivity index (χ1n) is 15.3. The lowest BCUT2D eigenvalue weighted by atomic mass is 9.99. The first kappa shape index (κ1) is 29.4. The first-order chi connectivity index (χ1) is 20.8. The number of hydrazine groups is 2. The maximum atomic E-state index is 13.3. The Morgan fingerprint density at radius 2 is 1.02 bits per heavy atom. The van der Waals surface area contributed by atoms with Crippen molar-refractivity contribution in [3.63, 3.8) is 0 Å². The van der Waals surface area contributed by atoms with E-state index in [2.05, 4.69) is 32.3 Å². The number of amides is 8. The molecular weight excluding hydrogens is 564 g/mol. The molecule has 4 bridgehead atoms. The summed E-state index contributed by atoms with van der Waals surface area (Å²) in [7, 11) is 0. The molecule has 6 N–H and O–H groups in total. The van der Waals surface area contributed by atoms with Crippen LogP contribution in [0.2, 0.25) is 0 Å². The molecule has 17 heteroatoms. The Balaban J connectivity index is 1.00. The lowest BCUT2D eigenvalue weighted by Crippen LogP contribution is -2.55. The van der Waals surface area contributed by atoms with E-state index in [1.807, 2.05) is 0 Å². The van der Waals surface area contributed by atoms with Crippen LogP contribution in [-0.2, 0) is 24.1 Å². The maximum absolute atomic E-state index is 13.3. The Labute approximate surface area is 248 Å². The quantitative estimate of drug-likeness (QED) is 0.180. The van der Waals surface area contributed by atoms with E-state index >= 15 is 0 Å². The topological polar surface area (TPSA) is 197 Å². The fraction of sp³-hybridized carbons (Fsp3) is 0.769. The summed E-state index contributed by atoms with van der Waals surface area (Å²) in [6.07, 6.45) is 4.94. The number of nitrogens with zero attached hydrogens (tertiary/aromatic N) is 4. The van der Waals surface area contributed by atoms with Gasteiger partial charge in [0, 0.05) is 26.2 Å². The fourth-order valence-electron chi connectivity index (χ4n) is 6.89. The van der Waals surface area contributed by atoms with Gasteiger partial charge in [0.25, 0.3) is 11.8 Å². The van der Waals surface area contributed by atoms with Crippen LogP contribution < -0.4 is 32.3 Å². The van der Waals surface area contributed by atoms with E-state index < -0.39 is 36.0 Å². The molecule has 17 nitrogen and oxygen atoms in total. The number of piperidine rings is 4. The number of rotatable bonds is 6. The highest BCUT2D eigenvalue weighted by Gasteiger charge is 2.53. The highest BCUT2D eigenvalue weighted by molar-refractivity contribution is 5.91. The van der Waals surface area contributed by atoms with Gasteiger partial charge < -0.3 is 20.4 Å². The number of nitrogens with one attached hydrogen (secondary N) is 6. The first-order valence-corrected chi connectivity index (χ1v) is 15.3. The molecule has 0 unspecified atom stereocenters. The van der Waals surface area contributed by atoms with Crippen molar-refractivity contribution in [3.8, 4) is 0 Å². The number of urea groups is 2. The second-order valence-electron chi connectivity index (χ2n) is 12.1. The lowest BCUT2D eigenvalue weighted by molar-refractivity contribution is -0.284. The number of fused-ring (bicyclic) bond motifs is 4. The number of hydrogen-bond donors (Lipinski definition) is 6. The minimum Gasteiger partial charge on any atom is -0.316 e. The molecule has 0 aromatic heterocycles. The van der Waals surface area contributed by atoms with Gasteiger partial charge in [0.2, 0.25) is 11.8 Å². The SMILES string of the molecule is O=C(NNC(=O)[C@H]1CC[C@@H]2CN1C(=O)N2ON1C(=O)N2C[C@H]1CC[C@@H]2C(=O)NNC(=O)[C@H]1CCCNC1)[C@H]1CCCNC1. The van der Waals surface area contributed by atoms with Crippen molar-refractivity contribution in [2.75, 3.05) is 39.3 Å². The van der Waals surface area contributed by atoms with Gasteiger partial charge in [0.1, 0.15) is 12.1 Å². The van der Waals surface area contributed by atoms with E-state index in [9.17, 15) is 28.8 Å². The Bertz CT molecular complexity index is 1060. The summed E-state index contributed by atoms with van der Waals surface area (Å²) in [5.74, 6) is -1.94. The third-order valence-electron chi connectivity index (χ3n) is 9.38. The van der Waals surface area contributed by atoms with Gasteiger partial charge in [-0.05, 0) is 64.5 Å². The zero-order valence-corrected chi connectivity index (χ0v) is 24.0. The Hall–Kier alpha value is -3.70. The van der Waals surface area contributed by atoms with E-state index in [4.69, 9.17) is 4.94 Å². The monoisotopic (exact) mass is 604 g/mol. The molecule has 0 spiro atoms. The molecule has 6 rings (SSSR count). The normalized spacial score (nSPS) is 32.0. The van der Waals surface area contributed by atoms with Crippen molar-refractivity contribution >= 4 is 35.7 Å². The Morgan fingerprint density at radius 3 is 1.42 bits per heavy atom. The fourth-order valence-corrected chi connectivity index (χ4v) is 6.89. The van der Waals surface area contributed by atoms with Crippen LogP contribution in [0, 0.1) is 11.8 Å². The number of hydrogen-bond acceptors (Lipinski definition) is 9. The molecule has 0 radical (unpaired) electrons. The van der Waals surface area contributed by atoms with E-state index in [1.165, 1.54) is 9.80 Å². The van der Waals surface area contributed by atoms with Crippen LogP contribution >= 0.6 is 0 Å². The summed E-state index contributed by atoms with van der Waals surface area (Å²) in [5, 5.41) is 8.61. The molecule has 6 aliphatic heterocycles. The van der Waals surface area contributed by atoms with E-state index in [0.717, 1.165) is 48.9 Å². The summed E-state index contributed by atoms with van der Waals surface area (Å²) >= 11 is 0. The molecule has 236 valence electrons. The third kappa shape index (κ3) is 5.92. The van der Waals surface area contributed by atoms with Crippen molar-refractivity contribution in [2.24, 2.45) is 11.8 Å². The standard InChI is InChI=1S/C26H40N10O7/c37-21(15-3-1-9-27-11-15)29-31-23(39)19-7-5-17-13-33(19)25(41)35(17)43-36-18-6-8-20(34(14-18)26(36)42)24(40)32-30-22(38)16-4-2-10-28-12-16/h15-20,27-28H,1-14H2,(H,29,37)(H,30,38)(H,31,39)(H,32,40)/t15-,16-,17+,18+,19+,20+/m0/s1. The number of carbonyl (C=O) groups excluding carboxylic acids is 6. The molecule has 0 saturated carbocycles. The van der Waals surface area contributed by atoms with E-state index in [0.29, 0.717) is 38.8 Å². The van der Waals surface area contributed by atoms with Crippen LogP contribution in [0.25, 0.3) is 0 Å². The summed E-state index contributed by atoms with van der Waals surface area (Å²) in [6, 6.07) is -3.36. The van der Waals surface area contributed by atoms with Gasteiger partial charge >= 0.3 is 12.1 Å². The smallest absolute Gasteiger partial charge is 0.316 e. The molecule has 6 heterocycles. The van der Waals surface area contributed by atoms with Gasteiger partial charge in [0.15, 0.2) is 0 Å². The van der Waals surface area contributed by atoms with E-state index in [-0.39, 0.29) is 48.8 Å². The van der Waals surface area contributed by atoms with Crippen LogP contribution in [0.1, 0.15) is 51.4 Å². The summed E-state index contributed by atoms with van der Waals surface area (Å²) in [4.78, 5) is 86.0. The molecule has 6 saturated heterocycles. The average molecular weight is 605 g/mol. The number of hydroxylamine groups is 4. The highest BCUT2D eigenvalue weighted by Crippen LogP contribution is 2.35. The molecular formula is C26H40N10O7. The maximum Gasteiger partial charge on any atom is 0.347 e. The molecule has 6 atom stereocenters. The van der Waals surface area contributed by atoms with Gasteiger partial charge in [-0.1, -0.05) is 0 Å². The molecule has 8 amide bonds. The van der Waals surface area contributed by atoms with Gasteiger partial charge in [-0.15, -0.1) is 4.94 Å². The third-order valence-corrected chi connectivity index (χ3v) is 9.38. The average Bonchev–Trinajstić information content (AvgIpc) is 3.42. The van der Waals surface area contributed by atoms with Crippen LogP contribution in [0.3, 0.4) is 0 Å². The molecule has 0 aromatic rings. The van der Waals surface area contributed by atoms with Crippen LogP contribution in [0.15, 0.2) is 0 Å². The Morgan fingerprint density at radius 1 is 0.605 bits per heavy atom. The molecule has 6 aliphatic rings. The van der Waals surface area contributed by atoms with Gasteiger partial charge in [0.05, 0.1) is 23.9 Å². The van der Waals surface area contributed by atoms with Crippen LogP contribution in [0.5, 0.6) is 0 Å². The molecule has 43 heavy (non-hydrogen) atoms. The van der Waals surface area contributed by atoms with Crippen molar-refractivity contribution in [3.05, 3.63) is 0 Å².